The summed E-state index contributed by atoms with van der Waals surface area (Å²) < 4.78 is 0. The summed E-state index contributed by atoms with van der Waals surface area (Å²) in [6, 6.07) is 3.81. The number of hydrogen-bond donors (Lipinski definition) is 0. The Morgan fingerprint density at radius 2 is 2.00 bits per heavy atom. The molecule has 18 heavy (non-hydrogen) atoms. The van der Waals surface area contributed by atoms with Crippen molar-refractivity contribution in [1.29, 1.82) is 0 Å². The van der Waals surface area contributed by atoms with Crippen molar-refractivity contribution in [3.63, 3.8) is 0 Å². The van der Waals surface area contributed by atoms with E-state index in [0.29, 0.717) is 0 Å². The number of thiazole rings is 1. The molecule has 1 fully saturated rings. The quantitative estimate of drug-likeness (QED) is 0.845. The Morgan fingerprint density at radius 1 is 1.17 bits per heavy atom. The summed E-state index contributed by atoms with van der Waals surface area (Å²) in [5, 5.41) is 4.98. The molecule has 1 amide bonds. The molecule has 0 bridgehead atoms. The highest BCUT2D eigenvalue weighted by atomic mass is 32.1. The predicted molar refractivity (Wildman–Crippen MR) is 74.5 cm³/mol. The molecule has 0 radical (unpaired) electrons. The fraction of sp³-hybridized carbons (Fsp3) is 0.333. The maximum atomic E-state index is 12.2. The summed E-state index contributed by atoms with van der Waals surface area (Å²) in [6.45, 7) is 3.28. The van der Waals surface area contributed by atoms with E-state index in [1.807, 2.05) is 34.0 Å². The predicted octanol–water partition coefficient (Wildman–Crippen LogP) is 2.17. The van der Waals surface area contributed by atoms with E-state index in [1.165, 1.54) is 11.3 Å². The summed E-state index contributed by atoms with van der Waals surface area (Å²) in [6.07, 6.45) is 1.82. The highest BCUT2D eigenvalue weighted by molar-refractivity contribution is 7.13. The van der Waals surface area contributed by atoms with Crippen molar-refractivity contribution in [2.45, 2.75) is 0 Å². The van der Waals surface area contributed by atoms with E-state index < -0.39 is 0 Å². The number of carbonyl (C=O) groups is 1. The van der Waals surface area contributed by atoms with Gasteiger partial charge >= 0.3 is 0 Å². The summed E-state index contributed by atoms with van der Waals surface area (Å²) >= 11 is 3.16. The van der Waals surface area contributed by atoms with Crippen LogP contribution in [0.3, 0.4) is 0 Å². The van der Waals surface area contributed by atoms with Crippen LogP contribution in [0.4, 0.5) is 5.13 Å². The van der Waals surface area contributed by atoms with E-state index in [1.54, 1.807) is 11.3 Å². The number of aromatic nitrogens is 1. The molecule has 0 aromatic carbocycles. The Morgan fingerprint density at radius 3 is 2.61 bits per heavy atom. The van der Waals surface area contributed by atoms with E-state index in [-0.39, 0.29) is 5.91 Å². The Hall–Kier alpha value is -1.40. The van der Waals surface area contributed by atoms with Crippen LogP contribution in [-0.2, 0) is 0 Å². The zero-order valence-electron chi connectivity index (χ0n) is 9.78. The average molecular weight is 279 g/mol. The minimum absolute atomic E-state index is 0.156. The first-order valence-electron chi connectivity index (χ1n) is 5.82. The van der Waals surface area contributed by atoms with Gasteiger partial charge in [0.15, 0.2) is 5.13 Å². The van der Waals surface area contributed by atoms with E-state index in [0.717, 1.165) is 36.2 Å². The third-order valence-electron chi connectivity index (χ3n) is 2.99. The number of rotatable bonds is 2. The standard InChI is InChI=1S/C12H13N3OS2/c16-11(10-2-1-8-17-10)14-4-6-15(7-5-14)12-13-3-9-18-12/h1-3,8-9H,4-7H2. The summed E-state index contributed by atoms with van der Waals surface area (Å²) in [4.78, 5) is 21.5. The maximum Gasteiger partial charge on any atom is 0.264 e. The molecule has 0 saturated carbocycles. The van der Waals surface area contributed by atoms with Gasteiger partial charge in [0.1, 0.15) is 0 Å². The van der Waals surface area contributed by atoms with Crippen LogP contribution in [-0.4, -0.2) is 42.0 Å². The molecule has 3 heterocycles. The third kappa shape index (κ3) is 2.26. The van der Waals surface area contributed by atoms with Crippen LogP contribution in [0.15, 0.2) is 29.1 Å². The lowest BCUT2D eigenvalue weighted by Gasteiger charge is -2.34. The van der Waals surface area contributed by atoms with Crippen LogP contribution < -0.4 is 4.90 Å². The van der Waals surface area contributed by atoms with Gasteiger partial charge in [0, 0.05) is 37.8 Å². The Kier molecular flexibility index (Phi) is 3.29. The lowest BCUT2D eigenvalue weighted by atomic mass is 10.3. The van der Waals surface area contributed by atoms with Gasteiger partial charge in [-0.15, -0.1) is 22.7 Å². The first-order valence-corrected chi connectivity index (χ1v) is 7.58. The SMILES string of the molecule is O=C(c1cccs1)N1CCN(c2nccs2)CC1. The minimum Gasteiger partial charge on any atom is -0.345 e. The number of nitrogens with zero attached hydrogens (tertiary/aromatic N) is 3. The first kappa shape index (κ1) is 11.7. The van der Waals surface area contributed by atoms with Crippen LogP contribution in [0, 0.1) is 0 Å². The minimum atomic E-state index is 0.156. The number of hydrogen-bond acceptors (Lipinski definition) is 5. The van der Waals surface area contributed by atoms with E-state index in [4.69, 9.17) is 0 Å². The molecule has 0 atom stereocenters. The molecule has 1 aliphatic rings. The van der Waals surface area contributed by atoms with E-state index in [9.17, 15) is 4.79 Å². The Labute approximate surface area is 113 Å². The van der Waals surface area contributed by atoms with E-state index in [2.05, 4.69) is 9.88 Å². The lowest BCUT2D eigenvalue weighted by Crippen LogP contribution is -2.48. The van der Waals surface area contributed by atoms with E-state index >= 15 is 0 Å². The zero-order chi connectivity index (χ0) is 12.4. The molecule has 2 aromatic heterocycles. The van der Waals surface area contributed by atoms with Gasteiger partial charge in [0.25, 0.3) is 5.91 Å². The molecular formula is C12H13N3OS2. The number of amides is 1. The van der Waals surface area contributed by atoms with Crippen molar-refractivity contribution in [3.8, 4) is 0 Å². The van der Waals surface area contributed by atoms with Crippen molar-refractivity contribution < 1.29 is 4.79 Å². The van der Waals surface area contributed by atoms with Crippen LogP contribution in [0.25, 0.3) is 0 Å². The van der Waals surface area contributed by atoms with Crippen molar-refractivity contribution in [1.82, 2.24) is 9.88 Å². The van der Waals surface area contributed by atoms with Gasteiger partial charge in [-0.1, -0.05) is 6.07 Å². The highest BCUT2D eigenvalue weighted by Gasteiger charge is 2.23. The second kappa shape index (κ2) is 5.07. The molecule has 1 saturated heterocycles. The van der Waals surface area contributed by atoms with Crippen LogP contribution >= 0.6 is 22.7 Å². The van der Waals surface area contributed by atoms with Crippen LogP contribution in [0.2, 0.25) is 0 Å². The Balaban J connectivity index is 1.62. The molecule has 94 valence electrons. The normalized spacial score (nSPS) is 16.0. The second-order valence-corrected chi connectivity index (χ2v) is 5.89. The van der Waals surface area contributed by atoms with Gasteiger partial charge < -0.3 is 9.80 Å². The summed E-state index contributed by atoms with van der Waals surface area (Å²) in [5.74, 6) is 0.156. The highest BCUT2D eigenvalue weighted by Crippen LogP contribution is 2.20. The molecule has 0 aliphatic carbocycles. The first-order chi connectivity index (χ1) is 8.84. The fourth-order valence-corrected chi connectivity index (χ4v) is 3.42. The van der Waals surface area contributed by atoms with Crippen molar-refractivity contribution in [3.05, 3.63) is 34.0 Å². The van der Waals surface area contributed by atoms with Crippen LogP contribution in [0.1, 0.15) is 9.67 Å². The molecule has 0 N–H and O–H groups in total. The summed E-state index contributed by atoms with van der Waals surface area (Å²) in [5.41, 5.74) is 0. The number of carbonyl (C=O) groups excluding carboxylic acids is 1. The molecule has 3 rings (SSSR count). The number of thiophene rings is 1. The van der Waals surface area contributed by atoms with Gasteiger partial charge in [-0.2, -0.15) is 0 Å². The smallest absolute Gasteiger partial charge is 0.264 e. The molecule has 0 spiro atoms. The van der Waals surface area contributed by atoms with Crippen molar-refractivity contribution >= 4 is 33.7 Å². The Bertz CT molecular complexity index is 501. The summed E-state index contributed by atoms with van der Waals surface area (Å²) in [7, 11) is 0. The zero-order valence-corrected chi connectivity index (χ0v) is 11.4. The third-order valence-corrected chi connectivity index (χ3v) is 4.68. The number of piperazine rings is 1. The maximum absolute atomic E-state index is 12.2. The van der Waals surface area contributed by atoms with Gasteiger partial charge in [0.05, 0.1) is 4.88 Å². The van der Waals surface area contributed by atoms with Gasteiger partial charge in [-0.05, 0) is 11.4 Å². The molecule has 4 nitrogen and oxygen atoms in total. The van der Waals surface area contributed by atoms with Crippen LogP contribution in [0.5, 0.6) is 0 Å². The van der Waals surface area contributed by atoms with Crippen molar-refractivity contribution in [2.75, 3.05) is 31.1 Å². The fourth-order valence-electron chi connectivity index (χ4n) is 2.03. The largest absolute Gasteiger partial charge is 0.345 e. The van der Waals surface area contributed by atoms with Gasteiger partial charge in [-0.3, -0.25) is 4.79 Å². The molecule has 0 unspecified atom stereocenters. The molecular weight excluding hydrogens is 266 g/mol. The van der Waals surface area contributed by atoms with Gasteiger partial charge in [-0.25, -0.2) is 4.98 Å². The molecule has 1 aliphatic heterocycles. The number of anilines is 1. The van der Waals surface area contributed by atoms with Gasteiger partial charge in [0.2, 0.25) is 0 Å². The average Bonchev–Trinajstić information content (AvgIpc) is 3.11. The van der Waals surface area contributed by atoms with Crippen molar-refractivity contribution in [2.24, 2.45) is 0 Å². The monoisotopic (exact) mass is 279 g/mol. The lowest BCUT2D eigenvalue weighted by molar-refractivity contribution is 0.0751. The topological polar surface area (TPSA) is 36.4 Å². The molecule has 6 heteroatoms. The molecule has 2 aromatic rings. The second-order valence-electron chi connectivity index (χ2n) is 4.07.